The Labute approximate surface area is 170 Å². The Bertz CT molecular complexity index is 1070. The van der Waals surface area contributed by atoms with E-state index in [9.17, 15) is 17.6 Å². The number of benzene rings is 1. The number of nitrogens with zero attached hydrogens (tertiary/aromatic N) is 3. The summed E-state index contributed by atoms with van der Waals surface area (Å²) in [6, 6.07) is 7.19. The van der Waals surface area contributed by atoms with Gasteiger partial charge in [-0.3, -0.25) is 4.98 Å². The second-order valence-corrected chi connectivity index (χ2v) is 7.08. The largest absolute Gasteiger partial charge is 0.573 e. The first kappa shape index (κ1) is 20.3. The second-order valence-electron chi connectivity index (χ2n) is 7.08. The van der Waals surface area contributed by atoms with Crippen LogP contribution in [0.5, 0.6) is 5.75 Å². The van der Waals surface area contributed by atoms with Crippen LogP contribution >= 0.6 is 0 Å². The monoisotopic (exact) mass is 421 g/mol. The van der Waals surface area contributed by atoms with Crippen molar-refractivity contribution >= 4 is 0 Å². The van der Waals surface area contributed by atoms with Crippen LogP contribution in [-0.4, -0.2) is 34.1 Å². The SMILES string of the molecule is Cc1cc(-c2nc(-c3ccc(OC(F)(F)F)c(F)c3)n3c2CCOCC3)cc(C)n1. The van der Waals surface area contributed by atoms with Crippen LogP contribution in [0.15, 0.2) is 30.3 Å². The molecular weight excluding hydrogens is 402 g/mol. The van der Waals surface area contributed by atoms with E-state index in [-0.39, 0.29) is 0 Å². The maximum atomic E-state index is 14.3. The van der Waals surface area contributed by atoms with Gasteiger partial charge < -0.3 is 14.0 Å². The molecule has 3 heterocycles. The Morgan fingerprint density at radius 2 is 1.73 bits per heavy atom. The summed E-state index contributed by atoms with van der Waals surface area (Å²) in [6.07, 6.45) is -4.35. The van der Waals surface area contributed by atoms with E-state index in [2.05, 4.69) is 9.72 Å². The highest BCUT2D eigenvalue weighted by Gasteiger charge is 2.32. The molecule has 0 aliphatic carbocycles. The van der Waals surface area contributed by atoms with Crippen molar-refractivity contribution in [2.75, 3.05) is 13.2 Å². The molecule has 1 aliphatic rings. The van der Waals surface area contributed by atoms with Crippen molar-refractivity contribution in [3.63, 3.8) is 0 Å². The van der Waals surface area contributed by atoms with E-state index in [1.807, 2.05) is 30.5 Å². The van der Waals surface area contributed by atoms with E-state index in [4.69, 9.17) is 9.72 Å². The summed E-state index contributed by atoms with van der Waals surface area (Å²) >= 11 is 0. The Morgan fingerprint density at radius 1 is 1.00 bits per heavy atom. The molecule has 0 unspecified atom stereocenters. The minimum absolute atomic E-state index is 0.360. The zero-order valence-electron chi connectivity index (χ0n) is 16.4. The number of aromatic nitrogens is 3. The van der Waals surface area contributed by atoms with Gasteiger partial charge in [-0.25, -0.2) is 9.37 Å². The first-order valence-corrected chi connectivity index (χ1v) is 9.40. The summed E-state index contributed by atoms with van der Waals surface area (Å²) in [6.45, 7) is 5.27. The van der Waals surface area contributed by atoms with Gasteiger partial charge in [0.1, 0.15) is 5.82 Å². The fourth-order valence-corrected chi connectivity index (χ4v) is 3.68. The van der Waals surface area contributed by atoms with Gasteiger partial charge in [0.05, 0.1) is 18.9 Å². The van der Waals surface area contributed by atoms with Gasteiger partial charge in [-0.15, -0.1) is 13.2 Å². The number of hydrogen-bond donors (Lipinski definition) is 0. The molecule has 0 amide bonds. The molecule has 3 aromatic rings. The van der Waals surface area contributed by atoms with Crippen LogP contribution in [0.25, 0.3) is 22.6 Å². The summed E-state index contributed by atoms with van der Waals surface area (Å²) in [7, 11) is 0. The van der Waals surface area contributed by atoms with Crippen molar-refractivity contribution in [3.05, 3.63) is 53.2 Å². The fraction of sp³-hybridized carbons (Fsp3) is 0.333. The zero-order valence-corrected chi connectivity index (χ0v) is 16.4. The molecule has 4 rings (SSSR count). The molecule has 2 aromatic heterocycles. The van der Waals surface area contributed by atoms with Gasteiger partial charge >= 0.3 is 6.36 Å². The molecule has 5 nitrogen and oxygen atoms in total. The molecule has 0 radical (unpaired) electrons. The fourth-order valence-electron chi connectivity index (χ4n) is 3.68. The summed E-state index contributed by atoms with van der Waals surface area (Å²) in [5, 5.41) is 0. The number of imidazole rings is 1. The third-order valence-electron chi connectivity index (χ3n) is 4.79. The lowest BCUT2D eigenvalue weighted by atomic mass is 10.1. The van der Waals surface area contributed by atoms with Crippen molar-refractivity contribution < 1.29 is 27.0 Å². The van der Waals surface area contributed by atoms with Crippen molar-refractivity contribution in [1.29, 1.82) is 0 Å². The number of ether oxygens (including phenoxy) is 2. The number of alkyl halides is 3. The Hall–Kier alpha value is -2.94. The van der Waals surface area contributed by atoms with E-state index in [0.717, 1.165) is 40.5 Å². The molecule has 0 atom stereocenters. The molecule has 0 saturated heterocycles. The van der Waals surface area contributed by atoms with Crippen LogP contribution in [0.2, 0.25) is 0 Å². The molecular formula is C21H19F4N3O2. The topological polar surface area (TPSA) is 49.2 Å². The summed E-state index contributed by atoms with van der Waals surface area (Å²) < 4.78 is 62.9. The van der Waals surface area contributed by atoms with Crippen molar-refractivity contribution in [2.24, 2.45) is 0 Å². The predicted molar refractivity (Wildman–Crippen MR) is 102 cm³/mol. The lowest BCUT2D eigenvalue weighted by Crippen LogP contribution is -2.18. The molecule has 9 heteroatoms. The molecule has 1 aliphatic heterocycles. The molecule has 0 bridgehead atoms. The van der Waals surface area contributed by atoms with Crippen molar-refractivity contribution in [3.8, 4) is 28.4 Å². The molecule has 0 N–H and O–H groups in total. The highest BCUT2D eigenvalue weighted by atomic mass is 19.4. The maximum Gasteiger partial charge on any atom is 0.573 e. The zero-order chi connectivity index (χ0) is 21.5. The van der Waals surface area contributed by atoms with Crippen molar-refractivity contribution in [1.82, 2.24) is 14.5 Å². The van der Waals surface area contributed by atoms with Gasteiger partial charge in [-0.05, 0) is 44.2 Å². The van der Waals surface area contributed by atoms with Gasteiger partial charge in [0.25, 0.3) is 0 Å². The molecule has 0 saturated carbocycles. The van der Waals surface area contributed by atoms with Gasteiger partial charge in [0.2, 0.25) is 0 Å². The molecule has 1 aromatic carbocycles. The smallest absolute Gasteiger partial charge is 0.403 e. The third-order valence-corrected chi connectivity index (χ3v) is 4.79. The average molecular weight is 421 g/mol. The highest BCUT2D eigenvalue weighted by molar-refractivity contribution is 5.69. The normalized spacial score (nSPS) is 14.3. The van der Waals surface area contributed by atoms with E-state index in [1.165, 1.54) is 6.07 Å². The average Bonchev–Trinajstić information content (AvgIpc) is 2.83. The Balaban J connectivity index is 1.83. The lowest BCUT2D eigenvalue weighted by Gasteiger charge is -2.12. The Morgan fingerprint density at radius 3 is 2.40 bits per heavy atom. The third kappa shape index (κ3) is 4.16. The van der Waals surface area contributed by atoms with Gasteiger partial charge in [-0.1, -0.05) is 0 Å². The first-order valence-electron chi connectivity index (χ1n) is 9.40. The number of hydrogen-bond acceptors (Lipinski definition) is 4. The molecule has 0 fully saturated rings. The molecule has 0 spiro atoms. The van der Waals surface area contributed by atoms with E-state index in [1.54, 1.807) is 0 Å². The van der Waals surface area contributed by atoms with Crippen LogP contribution in [-0.2, 0) is 17.7 Å². The molecule has 158 valence electrons. The van der Waals surface area contributed by atoms with Crippen molar-refractivity contribution in [2.45, 2.75) is 33.2 Å². The van der Waals surface area contributed by atoms with E-state index < -0.39 is 17.9 Å². The Kier molecular flexibility index (Phi) is 5.23. The summed E-state index contributed by atoms with van der Waals surface area (Å²) in [5.74, 6) is -1.52. The summed E-state index contributed by atoms with van der Waals surface area (Å²) in [5.41, 5.74) is 4.60. The van der Waals surface area contributed by atoms with Crippen LogP contribution < -0.4 is 4.74 Å². The first-order chi connectivity index (χ1) is 14.2. The number of rotatable bonds is 3. The van der Waals surface area contributed by atoms with E-state index in [0.29, 0.717) is 37.6 Å². The molecule has 30 heavy (non-hydrogen) atoms. The predicted octanol–water partition coefficient (Wildman–Crippen LogP) is 4.84. The van der Waals surface area contributed by atoms with Crippen LogP contribution in [0.4, 0.5) is 17.6 Å². The number of aryl methyl sites for hydroxylation is 2. The minimum Gasteiger partial charge on any atom is -0.403 e. The van der Waals surface area contributed by atoms with Crippen LogP contribution in [0.1, 0.15) is 17.1 Å². The number of halogens is 4. The van der Waals surface area contributed by atoms with Crippen LogP contribution in [0, 0.1) is 19.7 Å². The maximum absolute atomic E-state index is 14.3. The number of pyridine rings is 1. The van der Waals surface area contributed by atoms with Crippen LogP contribution in [0.3, 0.4) is 0 Å². The van der Waals surface area contributed by atoms with Gasteiger partial charge in [0.15, 0.2) is 11.6 Å². The number of fused-ring (bicyclic) bond motifs is 1. The summed E-state index contributed by atoms with van der Waals surface area (Å²) in [4.78, 5) is 9.14. The van der Waals surface area contributed by atoms with Gasteiger partial charge in [-0.2, -0.15) is 0 Å². The quantitative estimate of drug-likeness (QED) is 0.568. The standard InChI is InChI=1S/C21H19F4N3O2/c1-12-9-15(10-13(2)26-12)19-17-5-7-29-8-6-28(17)20(27-19)14-3-4-18(16(22)11-14)30-21(23,24)25/h3-4,9-11H,5-8H2,1-2H3. The van der Waals surface area contributed by atoms with E-state index >= 15 is 0 Å². The highest BCUT2D eigenvalue weighted by Crippen LogP contribution is 2.34. The minimum atomic E-state index is -4.96. The second kappa shape index (κ2) is 7.71. The lowest BCUT2D eigenvalue weighted by molar-refractivity contribution is -0.275. The van der Waals surface area contributed by atoms with Gasteiger partial charge in [0, 0.05) is 41.2 Å².